The first kappa shape index (κ1) is 30.3. The number of hydrogen-bond acceptors (Lipinski definition) is 8. The Morgan fingerprint density at radius 1 is 1.02 bits per heavy atom. The first-order valence-corrected chi connectivity index (χ1v) is 12.8. The van der Waals surface area contributed by atoms with Crippen LogP contribution in [0.2, 0.25) is 5.02 Å². The second-order valence-electron chi connectivity index (χ2n) is 8.83. The average molecular weight is 608 g/mol. The van der Waals surface area contributed by atoms with Gasteiger partial charge in [0.1, 0.15) is 12.4 Å². The Morgan fingerprint density at radius 2 is 1.70 bits per heavy atom. The summed E-state index contributed by atoms with van der Waals surface area (Å²) in [6.07, 6.45) is 2.83. The highest BCUT2D eigenvalue weighted by Crippen LogP contribution is 2.25. The smallest absolute Gasteiger partial charge is 0.411 e. The molecule has 4 aromatic rings. The van der Waals surface area contributed by atoms with Gasteiger partial charge in [0.15, 0.2) is 5.82 Å². The molecule has 220 valence electrons. The number of methoxy groups -OCH3 is 1. The molecule has 0 aliphatic rings. The minimum Gasteiger partial charge on any atom is -0.478 e. The molecule has 0 saturated heterocycles. The zero-order chi connectivity index (χ0) is 30.9. The number of carboxylic acids is 1. The number of halogens is 2. The van der Waals surface area contributed by atoms with Gasteiger partial charge in [0, 0.05) is 29.4 Å². The van der Waals surface area contributed by atoms with Crippen LogP contribution in [-0.4, -0.2) is 62.3 Å². The summed E-state index contributed by atoms with van der Waals surface area (Å²) in [5.74, 6) is -3.27. The number of carboxylic acid groups (broad SMARTS) is 1. The number of hydrogen-bond donors (Lipinski definition) is 4. The van der Waals surface area contributed by atoms with Crippen LogP contribution in [0.15, 0.2) is 73.1 Å². The molecule has 1 unspecified atom stereocenters. The van der Waals surface area contributed by atoms with E-state index < -0.39 is 35.7 Å². The lowest BCUT2D eigenvalue weighted by atomic mass is 10.0. The Morgan fingerprint density at radius 3 is 2.33 bits per heavy atom. The quantitative estimate of drug-likeness (QED) is 0.196. The lowest BCUT2D eigenvalue weighted by Gasteiger charge is -2.18. The van der Waals surface area contributed by atoms with Gasteiger partial charge in [-0.15, -0.1) is 5.10 Å². The van der Waals surface area contributed by atoms with Crippen LogP contribution in [0.1, 0.15) is 21.5 Å². The van der Waals surface area contributed by atoms with E-state index in [0.29, 0.717) is 16.9 Å². The summed E-state index contributed by atoms with van der Waals surface area (Å²) in [6.45, 7) is 0. The zero-order valence-electron chi connectivity index (χ0n) is 22.3. The average Bonchev–Trinajstić information content (AvgIpc) is 3.53. The molecule has 4 N–H and O–H groups in total. The predicted octanol–water partition coefficient (Wildman–Crippen LogP) is 3.71. The summed E-state index contributed by atoms with van der Waals surface area (Å²) in [5, 5.41) is 27.5. The van der Waals surface area contributed by atoms with E-state index in [0.717, 1.165) is 6.08 Å². The number of benzene rings is 3. The summed E-state index contributed by atoms with van der Waals surface area (Å²) in [6, 6.07) is 13.6. The van der Waals surface area contributed by atoms with Crippen molar-refractivity contribution in [2.45, 2.75) is 12.5 Å². The van der Waals surface area contributed by atoms with Gasteiger partial charge in [0.25, 0.3) is 0 Å². The molecule has 0 radical (unpaired) electrons. The molecule has 13 nitrogen and oxygen atoms in total. The number of carbonyl (C=O) groups is 4. The van der Waals surface area contributed by atoms with Crippen molar-refractivity contribution in [1.82, 2.24) is 25.5 Å². The molecule has 0 spiro atoms. The molecule has 0 aliphatic carbocycles. The topological polar surface area (TPSA) is 177 Å². The number of aromatic carboxylic acids is 1. The Labute approximate surface area is 248 Å². The molecule has 0 fully saturated rings. The van der Waals surface area contributed by atoms with Crippen molar-refractivity contribution in [3.63, 3.8) is 0 Å². The summed E-state index contributed by atoms with van der Waals surface area (Å²) in [4.78, 5) is 48.9. The van der Waals surface area contributed by atoms with Gasteiger partial charge in [0.2, 0.25) is 11.8 Å². The van der Waals surface area contributed by atoms with E-state index in [1.165, 1.54) is 60.6 Å². The molecular formula is C28H23ClFN7O6. The summed E-state index contributed by atoms with van der Waals surface area (Å²) < 4.78 is 20.7. The molecule has 1 heterocycles. The van der Waals surface area contributed by atoms with E-state index in [-0.39, 0.29) is 28.3 Å². The molecule has 43 heavy (non-hydrogen) atoms. The number of amides is 3. The molecule has 4 rings (SSSR count). The molecule has 3 aromatic carbocycles. The van der Waals surface area contributed by atoms with Crippen LogP contribution in [0, 0.1) is 5.82 Å². The van der Waals surface area contributed by atoms with Crippen molar-refractivity contribution in [2.24, 2.45) is 0 Å². The minimum atomic E-state index is -1.13. The first-order chi connectivity index (χ1) is 20.6. The molecule has 0 aliphatic heterocycles. The Bertz CT molecular complexity index is 1660. The summed E-state index contributed by atoms with van der Waals surface area (Å²) >= 11 is 5.94. The number of nitrogens with zero attached hydrogens (tertiary/aromatic N) is 4. The van der Waals surface area contributed by atoms with Crippen molar-refractivity contribution in [2.75, 3.05) is 17.7 Å². The number of ether oxygens (including phenoxy) is 1. The monoisotopic (exact) mass is 607 g/mol. The lowest BCUT2D eigenvalue weighted by Crippen LogP contribution is -2.44. The highest BCUT2D eigenvalue weighted by Gasteiger charge is 2.22. The SMILES string of the molecule is COC(=O)Nc1ccc(CC(NC(=O)C=Cc2c(-n3cnnn3)ccc(Cl)c2F)C(=O)Nc2ccc(C(=O)O)cc2)cc1. The number of tetrazole rings is 1. The predicted molar refractivity (Wildman–Crippen MR) is 153 cm³/mol. The molecular weight excluding hydrogens is 585 g/mol. The fraction of sp³-hybridized carbons (Fsp3) is 0.107. The van der Waals surface area contributed by atoms with Crippen LogP contribution < -0.4 is 16.0 Å². The first-order valence-electron chi connectivity index (χ1n) is 12.4. The van der Waals surface area contributed by atoms with E-state index in [1.54, 1.807) is 24.3 Å². The molecule has 0 saturated carbocycles. The van der Waals surface area contributed by atoms with Crippen LogP contribution in [0.4, 0.5) is 20.6 Å². The summed E-state index contributed by atoms with van der Waals surface area (Å²) in [5.41, 5.74) is 1.56. The van der Waals surface area contributed by atoms with E-state index >= 15 is 0 Å². The standard InChI is InChI=1S/C28H23ClFN7O6/c1-43-28(42)33-19-6-2-16(3-7-19)14-22(26(39)32-18-8-4-17(5-9-18)27(40)41)34-24(38)13-10-20-23(37-15-31-35-36-37)12-11-21(29)25(20)30/h2-13,15,22H,14H2,1H3,(H,32,39)(H,33,42)(H,34,38)(H,40,41). The Balaban J connectivity index is 1.56. The van der Waals surface area contributed by atoms with Crippen molar-refractivity contribution in [1.29, 1.82) is 0 Å². The van der Waals surface area contributed by atoms with Crippen LogP contribution in [0.5, 0.6) is 0 Å². The van der Waals surface area contributed by atoms with Crippen LogP contribution in [-0.2, 0) is 20.7 Å². The van der Waals surface area contributed by atoms with Gasteiger partial charge in [-0.3, -0.25) is 14.9 Å². The molecule has 1 aromatic heterocycles. The lowest BCUT2D eigenvalue weighted by molar-refractivity contribution is -0.123. The van der Waals surface area contributed by atoms with Crippen molar-refractivity contribution >= 4 is 52.9 Å². The van der Waals surface area contributed by atoms with Crippen molar-refractivity contribution in [3.8, 4) is 5.69 Å². The molecule has 0 bridgehead atoms. The van der Waals surface area contributed by atoms with Gasteiger partial charge in [-0.2, -0.15) is 4.68 Å². The third kappa shape index (κ3) is 7.98. The maximum atomic E-state index is 14.9. The fourth-order valence-corrected chi connectivity index (χ4v) is 3.99. The summed E-state index contributed by atoms with van der Waals surface area (Å²) in [7, 11) is 1.23. The van der Waals surface area contributed by atoms with Gasteiger partial charge in [0.05, 0.1) is 23.4 Å². The van der Waals surface area contributed by atoms with Gasteiger partial charge in [-0.25, -0.2) is 14.0 Å². The van der Waals surface area contributed by atoms with E-state index in [4.69, 9.17) is 16.7 Å². The normalized spacial score (nSPS) is 11.5. The minimum absolute atomic E-state index is 0.0263. The highest BCUT2D eigenvalue weighted by atomic mass is 35.5. The van der Waals surface area contributed by atoms with Gasteiger partial charge >= 0.3 is 12.1 Å². The number of carbonyl (C=O) groups excluding carboxylic acids is 3. The number of anilines is 2. The second kappa shape index (κ2) is 13.8. The maximum absolute atomic E-state index is 14.9. The van der Waals surface area contributed by atoms with Gasteiger partial charge in [-0.05, 0) is 70.6 Å². The van der Waals surface area contributed by atoms with Crippen molar-refractivity contribution < 1.29 is 33.4 Å². The largest absolute Gasteiger partial charge is 0.478 e. The fourth-order valence-electron chi connectivity index (χ4n) is 3.83. The van der Waals surface area contributed by atoms with E-state index in [2.05, 4.69) is 36.2 Å². The van der Waals surface area contributed by atoms with Gasteiger partial charge in [-0.1, -0.05) is 23.7 Å². The van der Waals surface area contributed by atoms with E-state index in [1.807, 2.05) is 0 Å². The van der Waals surface area contributed by atoms with Gasteiger partial charge < -0.3 is 20.5 Å². The number of aromatic nitrogens is 4. The van der Waals surface area contributed by atoms with Crippen LogP contribution >= 0.6 is 11.6 Å². The third-order valence-corrected chi connectivity index (χ3v) is 6.26. The Kier molecular flexibility index (Phi) is 9.75. The zero-order valence-corrected chi connectivity index (χ0v) is 23.1. The number of rotatable bonds is 10. The molecule has 1 atom stereocenters. The molecule has 3 amide bonds. The Hall–Kier alpha value is -5.63. The third-order valence-electron chi connectivity index (χ3n) is 5.96. The van der Waals surface area contributed by atoms with Crippen LogP contribution in [0.3, 0.4) is 0 Å². The highest BCUT2D eigenvalue weighted by molar-refractivity contribution is 6.31. The second-order valence-corrected chi connectivity index (χ2v) is 9.24. The van der Waals surface area contributed by atoms with E-state index in [9.17, 15) is 23.6 Å². The maximum Gasteiger partial charge on any atom is 0.411 e. The number of nitrogens with one attached hydrogen (secondary N) is 3. The van der Waals surface area contributed by atoms with Crippen LogP contribution in [0.25, 0.3) is 11.8 Å². The van der Waals surface area contributed by atoms with Crippen molar-refractivity contribution in [3.05, 3.63) is 101 Å². The molecule has 15 heteroatoms.